The zero-order valence-electron chi connectivity index (χ0n) is 13.5. The van der Waals surface area contributed by atoms with Crippen LogP contribution in [-0.4, -0.2) is 25.5 Å². The van der Waals surface area contributed by atoms with Crippen molar-refractivity contribution in [2.24, 2.45) is 0 Å². The van der Waals surface area contributed by atoms with Crippen LogP contribution in [0, 0.1) is 6.92 Å². The molecular weight excluding hydrogens is 302 g/mol. The average Bonchev–Trinajstić information content (AvgIpc) is 3.23. The van der Waals surface area contributed by atoms with Crippen LogP contribution >= 0.6 is 0 Å². The Labute approximate surface area is 140 Å². The first kappa shape index (κ1) is 14.7. The van der Waals surface area contributed by atoms with Crippen LogP contribution in [0.15, 0.2) is 48.8 Å². The Morgan fingerprint density at radius 1 is 1.29 bits per heavy atom. The Morgan fingerprint density at radius 3 is 2.75 bits per heavy atom. The Bertz CT molecular complexity index is 861. The summed E-state index contributed by atoms with van der Waals surface area (Å²) in [6.45, 7) is 2.14. The third kappa shape index (κ3) is 3.08. The number of rotatable bonds is 5. The van der Waals surface area contributed by atoms with Gasteiger partial charge in [-0.15, -0.1) is 0 Å². The molecule has 0 spiro atoms. The molecule has 122 valence electrons. The molecular formula is C18H19N5O. The lowest BCUT2D eigenvalue weighted by Crippen LogP contribution is -2.20. The second-order valence-corrected chi connectivity index (χ2v) is 6.24. The summed E-state index contributed by atoms with van der Waals surface area (Å²) >= 11 is 0. The average molecular weight is 321 g/mol. The Balaban J connectivity index is 1.58. The minimum atomic E-state index is -0.113. The van der Waals surface area contributed by atoms with E-state index in [0.29, 0.717) is 11.7 Å². The highest BCUT2D eigenvalue weighted by Crippen LogP contribution is 2.40. The molecule has 1 aliphatic carbocycles. The number of para-hydroxylation sites is 1. The standard InChI is InChI=1S/C18H19N5O/c1-13-10-19-22(11-13)12-18(24)20-17-9-16(14-7-8-14)21-23(17)15-5-3-2-4-6-15/h2-6,9-11,14H,7-8,12H2,1H3,(H,20,24). The van der Waals surface area contributed by atoms with Crippen molar-refractivity contribution in [2.45, 2.75) is 32.2 Å². The number of carbonyl (C=O) groups is 1. The number of amides is 1. The molecule has 1 N–H and O–H groups in total. The fraction of sp³-hybridized carbons (Fsp3) is 0.278. The molecule has 4 rings (SSSR count). The first-order chi connectivity index (χ1) is 11.7. The molecule has 2 heterocycles. The van der Waals surface area contributed by atoms with Crippen LogP contribution in [0.2, 0.25) is 0 Å². The van der Waals surface area contributed by atoms with Gasteiger partial charge in [0.15, 0.2) is 0 Å². The first-order valence-electron chi connectivity index (χ1n) is 8.13. The smallest absolute Gasteiger partial charge is 0.247 e. The number of hydrogen-bond donors (Lipinski definition) is 1. The number of aryl methyl sites for hydroxylation is 1. The molecule has 1 fully saturated rings. The number of nitrogens with one attached hydrogen (secondary N) is 1. The van der Waals surface area contributed by atoms with Crippen molar-refractivity contribution < 1.29 is 4.79 Å². The Morgan fingerprint density at radius 2 is 2.08 bits per heavy atom. The van der Waals surface area contributed by atoms with Crippen LogP contribution < -0.4 is 5.32 Å². The lowest BCUT2D eigenvalue weighted by molar-refractivity contribution is -0.116. The van der Waals surface area contributed by atoms with Crippen molar-refractivity contribution in [1.29, 1.82) is 0 Å². The fourth-order valence-electron chi connectivity index (χ4n) is 2.72. The summed E-state index contributed by atoms with van der Waals surface area (Å²) < 4.78 is 3.44. The predicted octanol–water partition coefficient (Wildman–Crippen LogP) is 2.89. The third-order valence-electron chi connectivity index (χ3n) is 4.06. The zero-order chi connectivity index (χ0) is 16.5. The number of anilines is 1. The molecule has 0 unspecified atom stereocenters. The minimum Gasteiger partial charge on any atom is -0.309 e. The summed E-state index contributed by atoms with van der Waals surface area (Å²) in [5.41, 5.74) is 3.02. The van der Waals surface area contributed by atoms with E-state index in [4.69, 9.17) is 0 Å². The van der Waals surface area contributed by atoms with Crippen molar-refractivity contribution in [3.8, 4) is 5.69 Å². The quantitative estimate of drug-likeness (QED) is 0.786. The van der Waals surface area contributed by atoms with Crippen molar-refractivity contribution in [1.82, 2.24) is 19.6 Å². The summed E-state index contributed by atoms with van der Waals surface area (Å²) in [5.74, 6) is 1.12. The highest BCUT2D eigenvalue weighted by molar-refractivity contribution is 5.90. The number of aromatic nitrogens is 4. The predicted molar refractivity (Wildman–Crippen MR) is 91.1 cm³/mol. The SMILES string of the molecule is Cc1cnn(CC(=O)Nc2cc(C3CC3)nn2-c2ccccc2)c1. The molecule has 1 saturated carbocycles. The first-order valence-corrected chi connectivity index (χ1v) is 8.13. The van der Waals surface area contributed by atoms with Crippen molar-refractivity contribution in [3.05, 3.63) is 60.0 Å². The van der Waals surface area contributed by atoms with E-state index in [2.05, 4.69) is 15.5 Å². The normalized spacial score (nSPS) is 13.9. The van der Waals surface area contributed by atoms with Crippen LogP contribution in [0.4, 0.5) is 5.82 Å². The lowest BCUT2D eigenvalue weighted by atomic mass is 10.3. The van der Waals surface area contributed by atoms with Crippen LogP contribution in [0.1, 0.15) is 30.0 Å². The van der Waals surface area contributed by atoms with Gasteiger partial charge in [0.25, 0.3) is 0 Å². The van der Waals surface area contributed by atoms with Crippen LogP contribution in [0.3, 0.4) is 0 Å². The molecule has 0 atom stereocenters. The molecule has 2 aromatic heterocycles. The van der Waals surface area contributed by atoms with E-state index in [-0.39, 0.29) is 12.5 Å². The summed E-state index contributed by atoms with van der Waals surface area (Å²) in [5, 5.41) is 11.8. The summed E-state index contributed by atoms with van der Waals surface area (Å²) in [6.07, 6.45) is 5.94. The van der Waals surface area contributed by atoms with Crippen molar-refractivity contribution in [2.75, 3.05) is 5.32 Å². The van der Waals surface area contributed by atoms with Gasteiger partial charge < -0.3 is 5.32 Å². The largest absolute Gasteiger partial charge is 0.309 e. The monoisotopic (exact) mass is 321 g/mol. The van der Waals surface area contributed by atoms with E-state index < -0.39 is 0 Å². The third-order valence-corrected chi connectivity index (χ3v) is 4.06. The molecule has 24 heavy (non-hydrogen) atoms. The van der Waals surface area contributed by atoms with Crippen LogP contribution in [0.25, 0.3) is 5.69 Å². The summed E-state index contributed by atoms with van der Waals surface area (Å²) in [4.78, 5) is 12.4. The maximum atomic E-state index is 12.4. The number of nitrogens with zero attached hydrogens (tertiary/aromatic N) is 4. The number of hydrogen-bond acceptors (Lipinski definition) is 3. The van der Waals surface area contributed by atoms with Crippen molar-refractivity contribution >= 4 is 11.7 Å². The molecule has 0 saturated heterocycles. The Hall–Kier alpha value is -2.89. The highest BCUT2D eigenvalue weighted by Gasteiger charge is 2.28. The van der Waals surface area contributed by atoms with Gasteiger partial charge in [0.05, 0.1) is 17.6 Å². The molecule has 0 aliphatic heterocycles. The van der Waals surface area contributed by atoms with Gasteiger partial charge in [-0.3, -0.25) is 9.48 Å². The molecule has 0 bridgehead atoms. The van der Waals surface area contributed by atoms with Gasteiger partial charge in [0, 0.05) is 18.2 Å². The molecule has 1 aromatic carbocycles. The molecule has 6 nitrogen and oxygen atoms in total. The second-order valence-electron chi connectivity index (χ2n) is 6.24. The van der Waals surface area contributed by atoms with Gasteiger partial charge in [-0.2, -0.15) is 10.2 Å². The fourth-order valence-corrected chi connectivity index (χ4v) is 2.72. The maximum absolute atomic E-state index is 12.4. The van der Waals surface area contributed by atoms with Gasteiger partial charge >= 0.3 is 0 Å². The molecule has 1 aliphatic rings. The molecule has 0 radical (unpaired) electrons. The maximum Gasteiger partial charge on any atom is 0.247 e. The summed E-state index contributed by atoms with van der Waals surface area (Å²) in [6, 6.07) is 11.8. The number of carbonyl (C=O) groups excluding carboxylic acids is 1. The van der Waals surface area contributed by atoms with Crippen LogP contribution in [-0.2, 0) is 11.3 Å². The highest BCUT2D eigenvalue weighted by atomic mass is 16.2. The van der Waals surface area contributed by atoms with E-state index in [9.17, 15) is 4.79 Å². The van der Waals surface area contributed by atoms with E-state index >= 15 is 0 Å². The molecule has 3 aromatic rings. The second kappa shape index (κ2) is 5.96. The summed E-state index contributed by atoms with van der Waals surface area (Å²) in [7, 11) is 0. The van der Waals surface area contributed by atoms with Crippen molar-refractivity contribution in [3.63, 3.8) is 0 Å². The molecule has 1 amide bonds. The van der Waals surface area contributed by atoms with Gasteiger partial charge in [0.2, 0.25) is 5.91 Å². The van der Waals surface area contributed by atoms with E-state index in [1.54, 1.807) is 15.6 Å². The van der Waals surface area contributed by atoms with Crippen LogP contribution in [0.5, 0.6) is 0 Å². The van der Waals surface area contributed by atoms with E-state index in [0.717, 1.165) is 16.9 Å². The van der Waals surface area contributed by atoms with Gasteiger partial charge in [0.1, 0.15) is 12.4 Å². The Kier molecular flexibility index (Phi) is 3.65. The van der Waals surface area contributed by atoms with E-state index in [1.165, 1.54) is 12.8 Å². The number of benzene rings is 1. The zero-order valence-corrected chi connectivity index (χ0v) is 13.5. The topological polar surface area (TPSA) is 64.7 Å². The minimum absolute atomic E-state index is 0.113. The van der Waals surface area contributed by atoms with Gasteiger partial charge in [-0.25, -0.2) is 4.68 Å². The van der Waals surface area contributed by atoms with Gasteiger partial charge in [-0.05, 0) is 37.5 Å². The van der Waals surface area contributed by atoms with Gasteiger partial charge in [-0.1, -0.05) is 18.2 Å². The molecule has 6 heteroatoms. The van der Waals surface area contributed by atoms with E-state index in [1.807, 2.05) is 49.5 Å². The lowest BCUT2D eigenvalue weighted by Gasteiger charge is -2.09.